The fourth-order valence-electron chi connectivity index (χ4n) is 6.07. The summed E-state index contributed by atoms with van der Waals surface area (Å²) in [4.78, 5) is 36.5. The zero-order chi connectivity index (χ0) is 41.4. The van der Waals surface area contributed by atoms with Gasteiger partial charge in [0.05, 0.1) is 32.7 Å². The first-order chi connectivity index (χ1) is 27.1. The van der Waals surface area contributed by atoms with Crippen LogP contribution in [0.4, 0.5) is 22.7 Å². The summed E-state index contributed by atoms with van der Waals surface area (Å²) in [7, 11) is -3.31. The van der Waals surface area contributed by atoms with E-state index in [9.17, 15) is 23.1 Å². The maximum atomic E-state index is 14.1. The third kappa shape index (κ3) is 11.6. The monoisotopic (exact) mass is 874 g/mol. The maximum Gasteiger partial charge on any atom is 0.299 e. The summed E-state index contributed by atoms with van der Waals surface area (Å²) >= 11 is 25.8. The number of amidine groups is 1. The first-order valence-electron chi connectivity index (χ1n) is 18.1. The standard InChI is InChI=1S/C40H42Cl4N6O6S/c1-5-7-8-26-18-29(11-14-35(26)51)56-22-36(52)46-28-10-12-30(42)34(21-28)48-39-37(40(53)50(49-39)38-31(43)19-27(41)20-32(38)44)47-33-13-9-25(17-23(33)3)24(6-2)15-16-45-57(4,54)55/h9-14,17-21,24,45,51H,5-8,15-16,22H2,1-4H3,(H,46,52)(H,48,49). The van der Waals surface area contributed by atoms with Crippen LogP contribution in [0, 0.1) is 6.92 Å². The lowest BCUT2D eigenvalue weighted by Crippen LogP contribution is -2.36. The molecule has 0 bridgehead atoms. The fourth-order valence-corrected chi connectivity index (χ4v) is 7.70. The van der Waals surface area contributed by atoms with Gasteiger partial charge in [-0.05, 0) is 110 Å². The molecule has 2 amide bonds. The van der Waals surface area contributed by atoms with E-state index in [1.165, 1.54) is 18.2 Å². The predicted molar refractivity (Wildman–Crippen MR) is 230 cm³/mol. The van der Waals surface area contributed by atoms with Crippen LogP contribution in [0.15, 0.2) is 76.7 Å². The molecule has 1 saturated heterocycles. The van der Waals surface area contributed by atoms with Gasteiger partial charge in [0.15, 0.2) is 18.2 Å². The van der Waals surface area contributed by atoms with Crippen LogP contribution in [-0.2, 0) is 26.0 Å². The minimum atomic E-state index is -3.31. The maximum absolute atomic E-state index is 14.1. The SMILES string of the molecule is CCCCc1cc(OCC(=O)Nc2ccc(Cl)c(N=C3NN(c4c(Cl)cc(Cl)cc4Cl)C(=O)C3=Nc3ccc(C(CC)CCNS(C)(=O)=O)cc3C)c2)ccc1O. The van der Waals surface area contributed by atoms with Gasteiger partial charge in [0, 0.05) is 17.3 Å². The average molecular weight is 877 g/mol. The Morgan fingerprint density at radius 2 is 1.68 bits per heavy atom. The quantitative estimate of drug-likeness (QED) is 0.0872. The van der Waals surface area contributed by atoms with E-state index in [2.05, 4.69) is 22.4 Å². The zero-order valence-electron chi connectivity index (χ0n) is 31.6. The molecule has 1 unspecified atom stereocenters. The van der Waals surface area contributed by atoms with Crippen molar-refractivity contribution >= 4 is 103 Å². The van der Waals surface area contributed by atoms with Crippen LogP contribution in [0.3, 0.4) is 0 Å². The highest BCUT2D eigenvalue weighted by Gasteiger charge is 2.37. The number of hydrogen-bond donors (Lipinski definition) is 4. The van der Waals surface area contributed by atoms with Crippen molar-refractivity contribution in [1.82, 2.24) is 10.1 Å². The Labute approximate surface area is 352 Å². The molecule has 1 fully saturated rings. The van der Waals surface area contributed by atoms with E-state index in [0.717, 1.165) is 47.2 Å². The minimum absolute atomic E-state index is 0.0174. The molecule has 302 valence electrons. The molecular weight excluding hydrogens is 834 g/mol. The van der Waals surface area contributed by atoms with Gasteiger partial charge in [-0.1, -0.05) is 78.8 Å². The highest BCUT2D eigenvalue weighted by molar-refractivity contribution is 7.88. The van der Waals surface area contributed by atoms with E-state index in [-0.39, 0.29) is 61.3 Å². The number of sulfonamides is 1. The number of halogens is 4. The summed E-state index contributed by atoms with van der Waals surface area (Å²) in [5, 5.41) is 14.7. The van der Waals surface area contributed by atoms with Crippen molar-refractivity contribution in [2.24, 2.45) is 9.98 Å². The van der Waals surface area contributed by atoms with Crippen LogP contribution in [0.2, 0.25) is 20.1 Å². The smallest absolute Gasteiger partial charge is 0.299 e. The number of ether oxygens (including phenoxy) is 1. The molecule has 0 aromatic heterocycles. The lowest BCUT2D eigenvalue weighted by atomic mass is 9.92. The third-order valence-electron chi connectivity index (χ3n) is 9.01. The van der Waals surface area contributed by atoms with Gasteiger partial charge >= 0.3 is 0 Å². The number of anilines is 2. The van der Waals surface area contributed by atoms with E-state index in [4.69, 9.17) is 61.1 Å². The topological polar surface area (TPSA) is 162 Å². The second kappa shape index (κ2) is 19.4. The Kier molecular flexibility index (Phi) is 14.9. The Morgan fingerprint density at radius 1 is 0.947 bits per heavy atom. The zero-order valence-corrected chi connectivity index (χ0v) is 35.5. The molecule has 5 rings (SSSR count). The number of nitrogens with one attached hydrogen (secondary N) is 3. The Balaban J connectivity index is 1.44. The van der Waals surface area contributed by atoms with Crippen molar-refractivity contribution in [2.75, 3.05) is 29.7 Å². The summed E-state index contributed by atoms with van der Waals surface area (Å²) in [6.07, 6.45) is 5.06. The number of hydrazine groups is 1. The molecule has 17 heteroatoms. The molecule has 57 heavy (non-hydrogen) atoms. The number of benzene rings is 4. The summed E-state index contributed by atoms with van der Waals surface area (Å²) in [5.41, 5.74) is 6.56. The molecule has 1 atom stereocenters. The minimum Gasteiger partial charge on any atom is -0.508 e. The van der Waals surface area contributed by atoms with Crippen LogP contribution in [0.5, 0.6) is 11.5 Å². The van der Waals surface area contributed by atoms with Gasteiger partial charge in [-0.25, -0.2) is 28.1 Å². The molecule has 0 spiro atoms. The number of carbonyl (C=O) groups is 2. The number of rotatable bonds is 16. The highest BCUT2D eigenvalue weighted by atomic mass is 35.5. The molecule has 1 heterocycles. The van der Waals surface area contributed by atoms with Crippen LogP contribution in [0.25, 0.3) is 0 Å². The second-order valence-electron chi connectivity index (χ2n) is 13.4. The number of nitrogens with zero attached hydrogens (tertiary/aromatic N) is 3. The highest BCUT2D eigenvalue weighted by Crippen LogP contribution is 2.38. The summed E-state index contributed by atoms with van der Waals surface area (Å²) in [6.45, 7) is 5.95. The third-order valence-corrected chi connectivity index (χ3v) is 10.9. The van der Waals surface area contributed by atoms with Gasteiger partial charge in [0.2, 0.25) is 10.0 Å². The molecule has 1 aliphatic rings. The number of carbonyl (C=O) groups excluding carboxylic acids is 2. The molecule has 0 saturated carbocycles. The molecule has 4 aromatic rings. The molecular formula is C40H42Cl4N6O6S. The fraction of sp³-hybridized carbons (Fsp3) is 0.300. The number of aryl methyl sites for hydroxylation is 2. The second-order valence-corrected chi connectivity index (χ2v) is 16.9. The number of hydrogen-bond acceptors (Lipinski definition) is 8. The van der Waals surface area contributed by atoms with Gasteiger partial charge in [0.1, 0.15) is 17.2 Å². The van der Waals surface area contributed by atoms with Crippen molar-refractivity contribution in [1.29, 1.82) is 0 Å². The molecule has 0 radical (unpaired) electrons. The number of aromatic hydroxyl groups is 1. The van der Waals surface area contributed by atoms with Gasteiger partial charge in [-0.2, -0.15) is 0 Å². The summed E-state index contributed by atoms with van der Waals surface area (Å²) in [6, 6.07) is 18.1. The van der Waals surface area contributed by atoms with Crippen molar-refractivity contribution in [3.8, 4) is 11.5 Å². The Bertz CT molecular complexity index is 2320. The van der Waals surface area contributed by atoms with E-state index >= 15 is 0 Å². The molecule has 4 N–H and O–H groups in total. The van der Waals surface area contributed by atoms with Crippen molar-refractivity contribution < 1.29 is 27.9 Å². The van der Waals surface area contributed by atoms with E-state index in [1.54, 1.807) is 36.4 Å². The Hall–Kier alpha value is -4.37. The van der Waals surface area contributed by atoms with E-state index < -0.39 is 21.8 Å². The van der Waals surface area contributed by atoms with E-state index in [0.29, 0.717) is 36.5 Å². The molecule has 4 aromatic carbocycles. The van der Waals surface area contributed by atoms with Gasteiger partial charge in [-0.3, -0.25) is 15.0 Å². The number of phenolic OH excluding ortho intramolecular Hbond substituents is 1. The first kappa shape index (κ1) is 43.7. The number of phenols is 1. The Morgan fingerprint density at radius 3 is 2.35 bits per heavy atom. The van der Waals surface area contributed by atoms with E-state index in [1.807, 2.05) is 26.0 Å². The number of amides is 2. The summed E-state index contributed by atoms with van der Waals surface area (Å²) < 4.78 is 31.4. The van der Waals surface area contributed by atoms with Crippen molar-refractivity contribution in [3.05, 3.63) is 104 Å². The van der Waals surface area contributed by atoms with Gasteiger partial charge in [-0.15, -0.1) is 0 Å². The average Bonchev–Trinajstić information content (AvgIpc) is 3.43. The van der Waals surface area contributed by atoms with Gasteiger partial charge < -0.3 is 15.2 Å². The largest absolute Gasteiger partial charge is 0.508 e. The summed E-state index contributed by atoms with van der Waals surface area (Å²) in [5.74, 6) is -0.353. The lowest BCUT2D eigenvalue weighted by molar-refractivity contribution is -0.118. The van der Waals surface area contributed by atoms with Crippen LogP contribution < -0.4 is 25.2 Å². The van der Waals surface area contributed by atoms with Crippen LogP contribution in [0.1, 0.15) is 62.1 Å². The number of unbranched alkanes of at least 4 members (excludes halogenated alkanes) is 1. The number of aliphatic imine (C=N–C) groups is 2. The van der Waals surface area contributed by atoms with Crippen molar-refractivity contribution in [2.45, 2.75) is 58.8 Å². The van der Waals surface area contributed by atoms with Gasteiger partial charge in [0.25, 0.3) is 11.8 Å². The molecule has 12 nitrogen and oxygen atoms in total. The predicted octanol–water partition coefficient (Wildman–Crippen LogP) is 9.46. The molecule has 1 aliphatic heterocycles. The lowest BCUT2D eigenvalue weighted by Gasteiger charge is -2.18. The normalized spacial score (nSPS) is 14.9. The van der Waals surface area contributed by atoms with Crippen LogP contribution in [-0.4, -0.2) is 56.3 Å². The van der Waals surface area contributed by atoms with Crippen molar-refractivity contribution in [3.63, 3.8) is 0 Å². The molecule has 0 aliphatic carbocycles. The first-order valence-corrected chi connectivity index (χ1v) is 21.5. The van der Waals surface area contributed by atoms with Crippen LogP contribution >= 0.6 is 46.4 Å².